The minimum Gasteiger partial charge on any atom is -0.756 e. The number of hydrogen-bond donors (Lipinski definition) is 1. The van der Waals surface area contributed by atoms with E-state index in [1.165, 1.54) is 64.2 Å². The fraction of sp³-hybridized carbons (Fsp3) is 0.708. The number of rotatable bonds is 40. The summed E-state index contributed by atoms with van der Waals surface area (Å²) < 4.78 is 33.7. The monoisotopic (exact) mass is 850 g/mol. The molecule has 59 heavy (non-hydrogen) atoms. The highest BCUT2D eigenvalue weighted by molar-refractivity contribution is 7.45. The second-order valence-electron chi connectivity index (χ2n) is 16.2. The van der Waals surface area contributed by atoms with Crippen LogP contribution in [0.15, 0.2) is 72.9 Å². The lowest BCUT2D eigenvalue weighted by atomic mass is 10.1. The van der Waals surface area contributed by atoms with Gasteiger partial charge in [0.05, 0.1) is 33.9 Å². The average Bonchev–Trinajstić information content (AvgIpc) is 3.18. The molecular formula is C48H84NO9P. The standard InChI is InChI=1S/C48H84NO9P/c1-6-8-10-12-14-16-18-20-21-22-23-25-27-29-31-33-35-39-47(51)55-43-46(44-57-59(53,54)56-42-41-49(3,4)5)58-48(52)40-36-38-45(50)37-34-32-30-28-26-24-19-17-15-13-11-9-7-2/h9,11,15,17,20-21,24,26,30,32,34,37,45-46,50H,6-8,10,12-14,16,18-19,22-23,25,27-29,31,33,35-36,38-44H2,1-5H3/b11-9-,17-15-,21-20-,26-24-,32-30-,37-34+/t45?,46-/m1/s1. The minimum atomic E-state index is -4.69. The van der Waals surface area contributed by atoms with Crippen molar-refractivity contribution in [1.82, 2.24) is 0 Å². The Balaban J connectivity index is 4.55. The van der Waals surface area contributed by atoms with Crippen LogP contribution in [-0.4, -0.2) is 81.2 Å². The molecule has 10 nitrogen and oxygen atoms in total. The van der Waals surface area contributed by atoms with Gasteiger partial charge in [-0.05, 0) is 70.6 Å². The molecule has 0 aliphatic carbocycles. The van der Waals surface area contributed by atoms with Crippen LogP contribution in [0.3, 0.4) is 0 Å². The zero-order chi connectivity index (χ0) is 43.7. The van der Waals surface area contributed by atoms with Gasteiger partial charge in [0.25, 0.3) is 7.82 Å². The molecular weight excluding hydrogens is 766 g/mol. The van der Waals surface area contributed by atoms with Crippen LogP contribution in [0, 0.1) is 0 Å². The van der Waals surface area contributed by atoms with Crippen molar-refractivity contribution in [2.45, 2.75) is 174 Å². The quantitative estimate of drug-likeness (QED) is 0.0160. The van der Waals surface area contributed by atoms with Gasteiger partial charge in [0.15, 0.2) is 6.10 Å². The molecule has 11 heteroatoms. The van der Waals surface area contributed by atoms with Gasteiger partial charge in [-0.15, -0.1) is 0 Å². The second-order valence-corrected chi connectivity index (χ2v) is 17.6. The second kappa shape index (κ2) is 39.5. The van der Waals surface area contributed by atoms with Crippen molar-refractivity contribution in [1.29, 1.82) is 0 Å². The van der Waals surface area contributed by atoms with Gasteiger partial charge >= 0.3 is 11.9 Å². The molecule has 0 saturated carbocycles. The number of allylic oxidation sites excluding steroid dienone is 11. The number of nitrogens with zero attached hydrogens (tertiary/aromatic N) is 1. The van der Waals surface area contributed by atoms with E-state index in [4.69, 9.17) is 18.5 Å². The van der Waals surface area contributed by atoms with E-state index < -0.39 is 38.6 Å². The maximum atomic E-state index is 12.7. The summed E-state index contributed by atoms with van der Waals surface area (Å²) in [6, 6.07) is 0. The molecule has 0 fully saturated rings. The highest BCUT2D eigenvalue weighted by Crippen LogP contribution is 2.38. The maximum Gasteiger partial charge on any atom is 0.306 e. The number of hydrogen-bond acceptors (Lipinski definition) is 9. The van der Waals surface area contributed by atoms with Crippen molar-refractivity contribution < 1.29 is 47.2 Å². The molecule has 0 aliphatic rings. The normalized spacial score (nSPS) is 14.8. The van der Waals surface area contributed by atoms with E-state index >= 15 is 0 Å². The smallest absolute Gasteiger partial charge is 0.306 e. The number of phosphoric ester groups is 1. The summed E-state index contributed by atoms with van der Waals surface area (Å²) in [7, 11) is 1.03. The SMILES string of the molecule is CC/C=C\C/C=C\C/C=C\C/C=C\C=C\C(O)CCCC(=O)O[C@H](COC(=O)CCCCCCCCC/C=C\CCCCCCCC)COP(=O)([O-])OCC[N+](C)(C)C. The zero-order valence-corrected chi connectivity index (χ0v) is 38.7. The summed E-state index contributed by atoms with van der Waals surface area (Å²) in [5.41, 5.74) is 0. The summed E-state index contributed by atoms with van der Waals surface area (Å²) >= 11 is 0. The van der Waals surface area contributed by atoms with E-state index in [1.807, 2.05) is 33.3 Å². The fourth-order valence-electron chi connectivity index (χ4n) is 5.74. The number of carbonyl (C=O) groups is 2. The van der Waals surface area contributed by atoms with Gasteiger partial charge in [-0.3, -0.25) is 14.2 Å². The summed E-state index contributed by atoms with van der Waals surface area (Å²) in [4.78, 5) is 37.6. The van der Waals surface area contributed by atoms with Crippen LogP contribution >= 0.6 is 7.82 Å². The lowest BCUT2D eigenvalue weighted by Crippen LogP contribution is -2.37. The van der Waals surface area contributed by atoms with Gasteiger partial charge in [-0.1, -0.05) is 151 Å². The molecule has 3 atom stereocenters. The number of carbonyl (C=O) groups excluding carboxylic acids is 2. The Bertz CT molecular complexity index is 1250. The highest BCUT2D eigenvalue weighted by Gasteiger charge is 2.22. The number of esters is 2. The Hall–Kier alpha value is -2.59. The number of unbranched alkanes of at least 4 members (excludes halogenated alkanes) is 13. The Morgan fingerprint density at radius 1 is 0.644 bits per heavy atom. The number of aliphatic hydroxyl groups is 1. The highest BCUT2D eigenvalue weighted by atomic mass is 31.2. The van der Waals surface area contributed by atoms with E-state index in [1.54, 1.807) is 12.2 Å². The largest absolute Gasteiger partial charge is 0.756 e. The van der Waals surface area contributed by atoms with Crippen molar-refractivity contribution in [2.75, 3.05) is 47.5 Å². The molecule has 0 aromatic carbocycles. The molecule has 1 N–H and O–H groups in total. The molecule has 0 aromatic rings. The van der Waals surface area contributed by atoms with Crippen molar-refractivity contribution in [3.8, 4) is 0 Å². The molecule has 0 spiro atoms. The molecule has 0 bridgehead atoms. The van der Waals surface area contributed by atoms with Crippen LogP contribution in [0.5, 0.6) is 0 Å². The predicted octanol–water partition coefficient (Wildman–Crippen LogP) is 11.4. The van der Waals surface area contributed by atoms with Crippen LogP contribution in [0.2, 0.25) is 0 Å². The van der Waals surface area contributed by atoms with Crippen LogP contribution < -0.4 is 4.89 Å². The number of ether oxygens (including phenoxy) is 2. The predicted molar refractivity (Wildman–Crippen MR) is 242 cm³/mol. The van der Waals surface area contributed by atoms with Crippen LogP contribution in [0.25, 0.3) is 0 Å². The summed E-state index contributed by atoms with van der Waals surface area (Å²) in [6.45, 7) is 3.86. The van der Waals surface area contributed by atoms with Gasteiger partial charge in [-0.25, -0.2) is 0 Å². The number of aliphatic hydroxyl groups excluding tert-OH is 1. The Labute approximate surface area is 360 Å². The van der Waals surface area contributed by atoms with E-state index in [0.717, 1.165) is 51.4 Å². The molecule has 0 amide bonds. The topological polar surface area (TPSA) is 131 Å². The number of phosphoric acid groups is 1. The van der Waals surface area contributed by atoms with Gasteiger partial charge in [-0.2, -0.15) is 0 Å². The number of likely N-dealkylation sites (N-methyl/N-ethyl adjacent to an activating group) is 1. The number of quaternary nitrogens is 1. The van der Waals surface area contributed by atoms with E-state index in [2.05, 4.69) is 62.5 Å². The third-order valence-corrected chi connectivity index (χ3v) is 10.3. The zero-order valence-electron chi connectivity index (χ0n) is 37.8. The van der Waals surface area contributed by atoms with Crippen LogP contribution in [0.4, 0.5) is 0 Å². The molecule has 0 saturated heterocycles. The van der Waals surface area contributed by atoms with Crippen molar-refractivity contribution in [3.05, 3.63) is 72.9 Å². The fourth-order valence-corrected chi connectivity index (χ4v) is 6.46. The molecule has 0 aliphatic heterocycles. The van der Waals surface area contributed by atoms with Gasteiger partial charge < -0.3 is 33.0 Å². The van der Waals surface area contributed by atoms with Crippen LogP contribution in [-0.2, 0) is 32.7 Å². The molecule has 0 radical (unpaired) electrons. The van der Waals surface area contributed by atoms with E-state index in [9.17, 15) is 24.2 Å². The Morgan fingerprint density at radius 2 is 1.19 bits per heavy atom. The maximum absolute atomic E-state index is 12.7. The summed E-state index contributed by atoms with van der Waals surface area (Å²) in [6.07, 6.45) is 45.3. The first-order chi connectivity index (χ1) is 28.4. The van der Waals surface area contributed by atoms with Gasteiger partial charge in [0, 0.05) is 12.8 Å². The first-order valence-corrected chi connectivity index (χ1v) is 24.2. The van der Waals surface area contributed by atoms with Crippen molar-refractivity contribution in [2.24, 2.45) is 0 Å². The molecule has 0 heterocycles. The molecule has 0 aromatic heterocycles. The third-order valence-electron chi connectivity index (χ3n) is 9.31. The van der Waals surface area contributed by atoms with E-state index in [-0.39, 0.29) is 26.1 Å². The summed E-state index contributed by atoms with van der Waals surface area (Å²) in [5.74, 6) is -1.05. The van der Waals surface area contributed by atoms with Gasteiger partial charge in [0.2, 0.25) is 0 Å². The summed E-state index contributed by atoms with van der Waals surface area (Å²) in [5, 5.41) is 10.3. The first kappa shape index (κ1) is 56.4. The Morgan fingerprint density at radius 3 is 1.78 bits per heavy atom. The molecule has 0 rings (SSSR count). The first-order valence-electron chi connectivity index (χ1n) is 22.8. The lowest BCUT2D eigenvalue weighted by Gasteiger charge is -2.28. The average molecular weight is 850 g/mol. The minimum absolute atomic E-state index is 0.00961. The van der Waals surface area contributed by atoms with Crippen molar-refractivity contribution >= 4 is 19.8 Å². The lowest BCUT2D eigenvalue weighted by molar-refractivity contribution is -0.870. The van der Waals surface area contributed by atoms with Gasteiger partial charge in [0.1, 0.15) is 19.8 Å². The third kappa shape index (κ3) is 43.3. The Kier molecular flexibility index (Phi) is 37.8. The van der Waals surface area contributed by atoms with Crippen LogP contribution in [0.1, 0.15) is 162 Å². The van der Waals surface area contributed by atoms with Crippen molar-refractivity contribution in [3.63, 3.8) is 0 Å². The van der Waals surface area contributed by atoms with E-state index in [0.29, 0.717) is 30.3 Å². The molecule has 2 unspecified atom stereocenters. The molecule has 340 valence electrons.